The van der Waals surface area contributed by atoms with Gasteiger partial charge in [-0.1, -0.05) is 64.8 Å². The van der Waals surface area contributed by atoms with Crippen molar-refractivity contribution < 1.29 is 14.2 Å². The van der Waals surface area contributed by atoms with Crippen molar-refractivity contribution in [2.45, 2.75) is 38.9 Å². The molecule has 4 rings (SSSR count). The van der Waals surface area contributed by atoms with Gasteiger partial charge in [0.05, 0.1) is 6.61 Å². The van der Waals surface area contributed by atoms with Gasteiger partial charge in [-0.05, 0) is 37.0 Å². The highest BCUT2D eigenvalue weighted by molar-refractivity contribution is 5.70. The minimum absolute atomic E-state index is 0.248. The zero-order valence-electron chi connectivity index (χ0n) is 15.7. The van der Waals surface area contributed by atoms with Crippen LogP contribution in [0.25, 0.3) is 0 Å². The van der Waals surface area contributed by atoms with Gasteiger partial charge in [-0.15, -0.1) is 5.43 Å². The van der Waals surface area contributed by atoms with Gasteiger partial charge in [0.25, 0.3) is 0 Å². The molecule has 0 saturated carbocycles. The van der Waals surface area contributed by atoms with Crippen LogP contribution in [-0.2, 0) is 11.3 Å². The number of carbonyl (C=O) groups excluding carboxylic acids is 1. The summed E-state index contributed by atoms with van der Waals surface area (Å²) < 4.78 is 7.35. The number of nitrogens with zero attached hydrogens (tertiary/aromatic N) is 2. The summed E-state index contributed by atoms with van der Waals surface area (Å²) in [5.74, 6) is 12.6. The SMILES string of the molecule is Cc1cccc([N+]2=NNC2=O)c1COC1C#CCC=C(C2=CC=CCC2)C#C1. The second-order valence-corrected chi connectivity index (χ2v) is 6.66. The molecule has 3 aliphatic rings. The number of hydrogen-bond acceptors (Lipinski definition) is 3. The second-order valence-electron chi connectivity index (χ2n) is 6.66. The molecule has 0 aromatic heterocycles. The van der Waals surface area contributed by atoms with Crippen LogP contribution in [0.2, 0.25) is 0 Å². The Balaban J connectivity index is 1.52. The number of aryl methyl sites for hydroxylation is 1. The maximum absolute atomic E-state index is 11.7. The minimum Gasteiger partial charge on any atom is -0.349 e. The highest BCUT2D eigenvalue weighted by atomic mass is 16.5. The van der Waals surface area contributed by atoms with Crippen molar-refractivity contribution in [1.82, 2.24) is 5.43 Å². The predicted octanol–water partition coefficient (Wildman–Crippen LogP) is 4.23. The van der Waals surface area contributed by atoms with Gasteiger partial charge >= 0.3 is 6.03 Å². The van der Waals surface area contributed by atoms with Crippen molar-refractivity contribution >= 4 is 11.7 Å². The van der Waals surface area contributed by atoms with E-state index in [2.05, 4.69) is 58.6 Å². The van der Waals surface area contributed by atoms with Gasteiger partial charge < -0.3 is 4.74 Å². The molecule has 0 spiro atoms. The summed E-state index contributed by atoms with van der Waals surface area (Å²) in [5, 5.41) is 3.91. The highest BCUT2D eigenvalue weighted by Gasteiger charge is 2.29. The topological polar surface area (TPSA) is 53.7 Å². The van der Waals surface area contributed by atoms with E-state index < -0.39 is 6.10 Å². The normalized spacial score (nSPS) is 20.0. The Morgan fingerprint density at radius 2 is 2.29 bits per heavy atom. The number of amides is 2. The molecule has 1 atom stereocenters. The molecule has 0 saturated heterocycles. The van der Waals surface area contributed by atoms with E-state index in [9.17, 15) is 4.79 Å². The highest BCUT2D eigenvalue weighted by Crippen LogP contribution is 2.26. The first-order chi connectivity index (χ1) is 13.7. The Labute approximate surface area is 164 Å². The molecular formula is C23H20N3O2+. The molecule has 2 amide bonds. The number of hydrogen-bond donors (Lipinski definition) is 1. The molecule has 1 heterocycles. The van der Waals surface area contributed by atoms with E-state index in [4.69, 9.17) is 4.74 Å². The van der Waals surface area contributed by atoms with E-state index in [0.717, 1.165) is 35.2 Å². The summed E-state index contributed by atoms with van der Waals surface area (Å²) in [6.45, 7) is 2.29. The van der Waals surface area contributed by atoms with Crippen LogP contribution in [0.3, 0.4) is 0 Å². The Morgan fingerprint density at radius 3 is 3.04 bits per heavy atom. The van der Waals surface area contributed by atoms with Gasteiger partial charge in [-0.2, -0.15) is 0 Å². The summed E-state index contributed by atoms with van der Waals surface area (Å²) in [5.41, 5.74) is 7.32. The van der Waals surface area contributed by atoms with Crippen LogP contribution in [0.1, 0.15) is 30.4 Å². The van der Waals surface area contributed by atoms with Gasteiger partial charge in [0.15, 0.2) is 6.10 Å². The van der Waals surface area contributed by atoms with Gasteiger partial charge in [-0.3, -0.25) is 0 Å². The lowest BCUT2D eigenvalue weighted by Gasteiger charge is -2.16. The maximum atomic E-state index is 11.7. The quantitative estimate of drug-likeness (QED) is 0.623. The van der Waals surface area contributed by atoms with Crippen molar-refractivity contribution in [2.24, 2.45) is 5.22 Å². The number of benzene rings is 1. The van der Waals surface area contributed by atoms with Gasteiger partial charge in [-0.25, -0.2) is 4.79 Å². The standard InChI is InChI=1S/C23H19N3O2/c1-17-8-7-13-22(26-23(27)24-25-26)21(17)16-28-20-12-6-5-11-19(14-15-20)18-9-3-2-4-10-18/h2-3,7-9,11,13,20H,4-5,10,16H2,1H3/p+1. The molecule has 1 unspecified atom stereocenters. The third-order valence-electron chi connectivity index (χ3n) is 4.79. The van der Waals surface area contributed by atoms with Crippen LogP contribution in [0, 0.1) is 30.6 Å². The smallest absolute Gasteiger partial charge is 0.349 e. The number of ether oxygens (including phenoxy) is 1. The van der Waals surface area contributed by atoms with Crippen LogP contribution < -0.4 is 5.43 Å². The van der Waals surface area contributed by atoms with Gasteiger partial charge in [0.2, 0.25) is 0 Å². The molecule has 1 aromatic carbocycles. The zero-order valence-corrected chi connectivity index (χ0v) is 15.7. The molecule has 28 heavy (non-hydrogen) atoms. The molecule has 5 nitrogen and oxygen atoms in total. The van der Waals surface area contributed by atoms with Crippen molar-refractivity contribution in [1.29, 1.82) is 0 Å². The molecule has 138 valence electrons. The van der Waals surface area contributed by atoms with E-state index in [1.54, 1.807) is 0 Å². The zero-order chi connectivity index (χ0) is 19.3. The summed E-state index contributed by atoms with van der Waals surface area (Å²) in [6, 6.07) is 5.49. The Hall–Kier alpha value is -3.41. The molecule has 5 heteroatoms. The van der Waals surface area contributed by atoms with Crippen LogP contribution in [0.15, 0.2) is 58.9 Å². The fourth-order valence-corrected chi connectivity index (χ4v) is 3.20. The molecule has 1 N–H and O–H groups in total. The minimum atomic E-state index is -0.474. The van der Waals surface area contributed by atoms with E-state index in [-0.39, 0.29) is 6.03 Å². The van der Waals surface area contributed by atoms with Crippen molar-refractivity contribution in [3.8, 4) is 23.7 Å². The molecule has 2 aliphatic carbocycles. The van der Waals surface area contributed by atoms with Crippen LogP contribution >= 0.6 is 0 Å². The third-order valence-corrected chi connectivity index (χ3v) is 4.79. The Bertz CT molecular complexity index is 1070. The fourth-order valence-electron chi connectivity index (χ4n) is 3.20. The second kappa shape index (κ2) is 8.08. The van der Waals surface area contributed by atoms with Crippen LogP contribution in [0.4, 0.5) is 10.5 Å². The number of rotatable bonds is 5. The average molecular weight is 370 g/mol. The molecule has 0 radical (unpaired) electrons. The maximum Gasteiger partial charge on any atom is 0.486 e. The first-order valence-electron chi connectivity index (χ1n) is 9.29. The Morgan fingerprint density at radius 1 is 1.36 bits per heavy atom. The molecular weight excluding hydrogens is 350 g/mol. The van der Waals surface area contributed by atoms with Crippen LogP contribution in [-0.4, -0.2) is 16.8 Å². The predicted molar refractivity (Wildman–Crippen MR) is 105 cm³/mol. The average Bonchev–Trinajstić information content (AvgIpc) is 2.68. The summed E-state index contributed by atoms with van der Waals surface area (Å²) in [4.78, 5) is 11.7. The van der Waals surface area contributed by atoms with Gasteiger partial charge in [0, 0.05) is 22.8 Å². The summed E-state index contributed by atoms with van der Waals surface area (Å²) in [6.07, 6.45) is 10.7. The molecule has 0 fully saturated rings. The number of urea groups is 1. The molecule has 1 aromatic rings. The van der Waals surface area contributed by atoms with E-state index in [1.165, 1.54) is 10.3 Å². The van der Waals surface area contributed by atoms with E-state index in [1.807, 2.05) is 25.1 Å². The first-order valence-corrected chi connectivity index (χ1v) is 9.29. The van der Waals surface area contributed by atoms with E-state index in [0.29, 0.717) is 13.0 Å². The molecule has 0 bridgehead atoms. The number of carbonyl (C=O) groups is 1. The van der Waals surface area contributed by atoms with Crippen molar-refractivity contribution in [3.63, 3.8) is 0 Å². The summed E-state index contributed by atoms with van der Waals surface area (Å²) in [7, 11) is 0. The van der Waals surface area contributed by atoms with Crippen molar-refractivity contribution in [2.75, 3.05) is 0 Å². The third kappa shape index (κ3) is 3.81. The fraction of sp³-hybridized carbons (Fsp3) is 0.261. The van der Waals surface area contributed by atoms with Crippen molar-refractivity contribution in [3.05, 3.63) is 64.8 Å². The monoisotopic (exact) mass is 370 g/mol. The van der Waals surface area contributed by atoms with E-state index >= 15 is 0 Å². The number of nitrogens with one attached hydrogen (secondary N) is 1. The Kier molecular flexibility index (Phi) is 5.19. The van der Waals surface area contributed by atoms with Gasteiger partial charge in [0.1, 0.15) is 5.69 Å². The number of allylic oxidation sites excluding steroid dienone is 6. The first kappa shape index (κ1) is 18.0. The molecule has 1 aliphatic heterocycles. The lowest BCUT2D eigenvalue weighted by atomic mass is 9.96. The largest absolute Gasteiger partial charge is 0.486 e. The van der Waals surface area contributed by atoms with Crippen LogP contribution in [0.5, 0.6) is 0 Å². The lowest BCUT2D eigenvalue weighted by Crippen LogP contribution is -2.37. The lowest BCUT2D eigenvalue weighted by molar-refractivity contribution is -0.456. The summed E-state index contributed by atoms with van der Waals surface area (Å²) >= 11 is 0.